The Balaban J connectivity index is 2.01. The molecule has 100 valence electrons. The van der Waals surface area contributed by atoms with Crippen LogP contribution >= 0.6 is 11.8 Å². The second kappa shape index (κ2) is 4.44. The fourth-order valence-electron chi connectivity index (χ4n) is 2.26. The molecule has 0 amide bonds. The number of nitrogens with two attached hydrogens (primary N) is 3. The van der Waals surface area contributed by atoms with Gasteiger partial charge in [-0.25, -0.2) is 0 Å². The zero-order valence-corrected chi connectivity index (χ0v) is 11.1. The normalized spacial score (nSPS) is 28.6. The van der Waals surface area contributed by atoms with Crippen LogP contribution in [0.25, 0.3) is 0 Å². The van der Waals surface area contributed by atoms with Crippen molar-refractivity contribution in [1.29, 1.82) is 0 Å². The molecule has 1 aromatic carbocycles. The molecule has 0 aromatic heterocycles. The molecule has 1 atom stereocenters. The first-order valence-corrected chi connectivity index (χ1v) is 6.84. The van der Waals surface area contributed by atoms with Crippen LogP contribution in [0.1, 0.15) is 6.42 Å². The van der Waals surface area contributed by atoms with Crippen LogP contribution in [0.15, 0.2) is 44.9 Å². The number of benzene rings is 1. The molecule has 0 bridgehead atoms. The maximum Gasteiger partial charge on any atom is 0.153 e. The van der Waals surface area contributed by atoms with Gasteiger partial charge in [0.2, 0.25) is 0 Å². The van der Waals surface area contributed by atoms with E-state index in [0.29, 0.717) is 18.8 Å². The summed E-state index contributed by atoms with van der Waals surface area (Å²) in [6, 6.07) is 8.06. The van der Waals surface area contributed by atoms with Crippen LogP contribution in [-0.4, -0.2) is 18.0 Å². The second-order valence-electron chi connectivity index (χ2n) is 4.55. The minimum atomic E-state index is -0.795. The van der Waals surface area contributed by atoms with E-state index in [1.807, 2.05) is 18.2 Å². The lowest BCUT2D eigenvalue weighted by atomic mass is 9.98. The Hall–Kier alpha value is -1.70. The predicted molar refractivity (Wildman–Crippen MR) is 78.3 cm³/mol. The van der Waals surface area contributed by atoms with E-state index in [-0.39, 0.29) is 0 Å². The molecule has 0 fully saturated rings. The molecular weight excluding hydrogens is 260 g/mol. The first-order valence-electron chi connectivity index (χ1n) is 6.02. The van der Waals surface area contributed by atoms with Gasteiger partial charge in [-0.2, -0.15) is 5.10 Å². The van der Waals surface area contributed by atoms with Crippen molar-refractivity contribution in [3.05, 3.63) is 34.9 Å². The molecule has 8 N–H and O–H groups in total. The van der Waals surface area contributed by atoms with E-state index < -0.39 is 5.66 Å². The quantitative estimate of drug-likeness (QED) is 0.530. The van der Waals surface area contributed by atoms with Gasteiger partial charge in [-0.1, -0.05) is 23.9 Å². The summed E-state index contributed by atoms with van der Waals surface area (Å²) in [6.45, 7) is 0.459. The van der Waals surface area contributed by atoms with Gasteiger partial charge in [0.1, 0.15) is 5.66 Å². The molecule has 1 aromatic rings. The highest BCUT2D eigenvalue weighted by Crippen LogP contribution is 2.44. The van der Waals surface area contributed by atoms with Crippen LogP contribution in [0, 0.1) is 0 Å². The van der Waals surface area contributed by atoms with Gasteiger partial charge in [0.25, 0.3) is 0 Å². The second-order valence-corrected chi connectivity index (χ2v) is 5.60. The first kappa shape index (κ1) is 12.3. The van der Waals surface area contributed by atoms with Gasteiger partial charge < -0.3 is 22.5 Å². The van der Waals surface area contributed by atoms with Gasteiger partial charge in [0.05, 0.1) is 16.3 Å². The number of hydrazone groups is 1. The SMILES string of the molecule is NCCC1(N)NN=C(N)C1=C1Nc2ccccc2S1. The predicted octanol–water partition coefficient (Wildman–Crippen LogP) is 0.295. The Morgan fingerprint density at radius 1 is 1.32 bits per heavy atom. The highest BCUT2D eigenvalue weighted by Gasteiger charge is 2.40. The van der Waals surface area contributed by atoms with Crippen molar-refractivity contribution in [1.82, 2.24) is 5.43 Å². The Kier molecular flexibility index (Phi) is 2.89. The zero-order valence-electron chi connectivity index (χ0n) is 10.3. The maximum atomic E-state index is 6.32. The third-order valence-corrected chi connectivity index (χ3v) is 4.28. The van der Waals surface area contributed by atoms with E-state index in [2.05, 4.69) is 21.9 Å². The molecule has 2 aliphatic heterocycles. The van der Waals surface area contributed by atoms with Crippen molar-refractivity contribution >= 4 is 23.3 Å². The Morgan fingerprint density at radius 2 is 2.11 bits per heavy atom. The molecule has 0 saturated heterocycles. The van der Waals surface area contributed by atoms with E-state index in [9.17, 15) is 0 Å². The highest BCUT2D eigenvalue weighted by molar-refractivity contribution is 8.03. The van der Waals surface area contributed by atoms with Gasteiger partial charge in [-0.15, -0.1) is 0 Å². The number of nitrogens with zero attached hydrogens (tertiary/aromatic N) is 1. The largest absolute Gasteiger partial charge is 0.382 e. The Bertz CT molecular complexity index is 554. The fourth-order valence-corrected chi connectivity index (χ4v) is 3.40. The molecule has 2 aliphatic rings. The topological polar surface area (TPSA) is 114 Å². The smallest absolute Gasteiger partial charge is 0.153 e. The van der Waals surface area contributed by atoms with Crippen molar-refractivity contribution in [3.63, 3.8) is 0 Å². The zero-order chi connectivity index (χ0) is 13.5. The lowest BCUT2D eigenvalue weighted by Crippen LogP contribution is -2.52. The number of amidine groups is 1. The minimum absolute atomic E-state index is 0.416. The molecule has 2 heterocycles. The summed E-state index contributed by atoms with van der Waals surface area (Å²) in [7, 11) is 0. The number of nitrogens with one attached hydrogen (secondary N) is 2. The third kappa shape index (κ3) is 1.95. The molecule has 0 radical (unpaired) electrons. The summed E-state index contributed by atoms with van der Waals surface area (Å²) in [4.78, 5) is 1.15. The van der Waals surface area contributed by atoms with Crippen molar-refractivity contribution in [2.75, 3.05) is 11.9 Å². The van der Waals surface area contributed by atoms with Crippen molar-refractivity contribution < 1.29 is 0 Å². The molecular formula is C12H16N6S. The van der Waals surface area contributed by atoms with Gasteiger partial charge >= 0.3 is 0 Å². The van der Waals surface area contributed by atoms with Gasteiger partial charge in [0.15, 0.2) is 5.84 Å². The fraction of sp³-hybridized carbons (Fsp3) is 0.250. The van der Waals surface area contributed by atoms with Crippen molar-refractivity contribution in [2.24, 2.45) is 22.3 Å². The summed E-state index contributed by atoms with van der Waals surface area (Å²) >= 11 is 1.61. The monoisotopic (exact) mass is 276 g/mol. The number of para-hydroxylation sites is 1. The molecule has 0 spiro atoms. The minimum Gasteiger partial charge on any atom is -0.382 e. The standard InChI is InChI=1S/C12H16N6S/c13-6-5-12(15)9(10(14)17-18-12)11-16-7-3-1-2-4-8(7)19-11/h1-4,16,18H,5-6,13,15H2,(H2,14,17). The van der Waals surface area contributed by atoms with Crippen LogP contribution in [0.3, 0.4) is 0 Å². The summed E-state index contributed by atoms with van der Waals surface area (Å²) in [5.74, 6) is 0.416. The van der Waals surface area contributed by atoms with E-state index in [4.69, 9.17) is 17.2 Å². The lowest BCUT2D eigenvalue weighted by molar-refractivity contribution is 0.410. The number of rotatable bonds is 2. The number of anilines is 1. The Labute approximate surface area is 115 Å². The summed E-state index contributed by atoms with van der Waals surface area (Å²) in [5, 5.41) is 8.31. The van der Waals surface area contributed by atoms with E-state index in [1.54, 1.807) is 11.8 Å². The molecule has 0 aliphatic carbocycles. The first-order chi connectivity index (χ1) is 9.14. The van der Waals surface area contributed by atoms with E-state index in [1.165, 1.54) is 0 Å². The van der Waals surface area contributed by atoms with Crippen LogP contribution < -0.4 is 27.9 Å². The van der Waals surface area contributed by atoms with Crippen LogP contribution in [0.4, 0.5) is 5.69 Å². The van der Waals surface area contributed by atoms with Crippen LogP contribution in [0.5, 0.6) is 0 Å². The molecule has 6 nitrogen and oxygen atoms in total. The molecule has 1 unspecified atom stereocenters. The van der Waals surface area contributed by atoms with Gasteiger partial charge in [-0.05, 0) is 18.7 Å². The molecule has 3 rings (SSSR count). The number of fused-ring (bicyclic) bond motifs is 1. The van der Waals surface area contributed by atoms with Crippen LogP contribution in [-0.2, 0) is 0 Å². The summed E-state index contributed by atoms with van der Waals surface area (Å²) < 4.78 is 0. The molecule has 19 heavy (non-hydrogen) atoms. The average Bonchev–Trinajstić information content (AvgIpc) is 2.91. The van der Waals surface area contributed by atoms with Crippen molar-refractivity contribution in [2.45, 2.75) is 17.0 Å². The van der Waals surface area contributed by atoms with E-state index in [0.717, 1.165) is 21.2 Å². The number of hydrogen-bond acceptors (Lipinski definition) is 7. The van der Waals surface area contributed by atoms with E-state index >= 15 is 0 Å². The maximum absolute atomic E-state index is 6.32. The lowest BCUT2D eigenvalue weighted by Gasteiger charge is -2.26. The van der Waals surface area contributed by atoms with Crippen LogP contribution in [0.2, 0.25) is 0 Å². The van der Waals surface area contributed by atoms with Gasteiger partial charge in [0, 0.05) is 11.3 Å². The highest BCUT2D eigenvalue weighted by atomic mass is 32.2. The molecule has 7 heteroatoms. The summed E-state index contributed by atoms with van der Waals surface area (Å²) in [6.07, 6.45) is 0.564. The van der Waals surface area contributed by atoms with Gasteiger partial charge in [-0.3, -0.25) is 5.43 Å². The number of hydrogen-bond donors (Lipinski definition) is 5. The van der Waals surface area contributed by atoms with Crippen molar-refractivity contribution in [3.8, 4) is 0 Å². The molecule has 0 saturated carbocycles. The third-order valence-electron chi connectivity index (χ3n) is 3.19. The average molecular weight is 276 g/mol. The Morgan fingerprint density at radius 3 is 2.84 bits per heavy atom. The summed E-state index contributed by atoms with van der Waals surface area (Å²) in [5.41, 5.74) is 21.8. The number of thioether (sulfide) groups is 1.